The predicted molar refractivity (Wildman–Crippen MR) is 107 cm³/mol. The van der Waals surface area contributed by atoms with E-state index in [1.165, 1.54) is 0 Å². The van der Waals surface area contributed by atoms with Crippen molar-refractivity contribution in [1.82, 2.24) is 4.98 Å². The number of methoxy groups -OCH3 is 1. The highest BCUT2D eigenvalue weighted by Gasteiger charge is 2.11. The van der Waals surface area contributed by atoms with Crippen molar-refractivity contribution < 1.29 is 4.74 Å². The SMILES string of the molecule is COc1ccccc1-c1cc(-c2ccccc2)nc(-c2ccccc2)c1. The van der Waals surface area contributed by atoms with Crippen LogP contribution in [0.1, 0.15) is 0 Å². The molecule has 0 saturated heterocycles. The maximum absolute atomic E-state index is 5.57. The fourth-order valence-corrected chi connectivity index (χ4v) is 3.08. The molecule has 0 unspecified atom stereocenters. The second-order valence-corrected chi connectivity index (χ2v) is 6.06. The first kappa shape index (κ1) is 16.1. The Hall–Kier alpha value is -3.39. The fraction of sp³-hybridized carbons (Fsp3) is 0.0417. The van der Waals surface area contributed by atoms with Gasteiger partial charge in [0.2, 0.25) is 0 Å². The molecular formula is C24H19NO. The zero-order valence-electron chi connectivity index (χ0n) is 14.6. The van der Waals surface area contributed by atoms with E-state index in [-0.39, 0.29) is 0 Å². The highest BCUT2D eigenvalue weighted by molar-refractivity contribution is 5.79. The Morgan fingerprint density at radius 1 is 0.577 bits per heavy atom. The van der Waals surface area contributed by atoms with Gasteiger partial charge in [0.05, 0.1) is 18.5 Å². The maximum Gasteiger partial charge on any atom is 0.126 e. The van der Waals surface area contributed by atoms with Gasteiger partial charge >= 0.3 is 0 Å². The Labute approximate surface area is 153 Å². The number of benzene rings is 3. The molecule has 3 aromatic carbocycles. The van der Waals surface area contributed by atoms with Crippen LogP contribution < -0.4 is 4.74 Å². The van der Waals surface area contributed by atoms with Crippen LogP contribution in [-0.2, 0) is 0 Å². The molecule has 0 bridgehead atoms. The molecular weight excluding hydrogens is 318 g/mol. The quantitative estimate of drug-likeness (QED) is 0.449. The Morgan fingerprint density at radius 3 is 1.62 bits per heavy atom. The number of hydrogen-bond acceptors (Lipinski definition) is 2. The first-order valence-electron chi connectivity index (χ1n) is 8.61. The summed E-state index contributed by atoms with van der Waals surface area (Å²) < 4.78 is 5.57. The Balaban J connectivity index is 1.94. The number of rotatable bonds is 4. The molecule has 0 fully saturated rings. The van der Waals surface area contributed by atoms with Gasteiger partial charge in [-0.25, -0.2) is 4.98 Å². The fourth-order valence-electron chi connectivity index (χ4n) is 3.08. The molecule has 2 nitrogen and oxygen atoms in total. The minimum atomic E-state index is 0.858. The third kappa shape index (κ3) is 3.22. The van der Waals surface area contributed by atoms with Gasteiger partial charge in [-0.05, 0) is 23.8 Å². The van der Waals surface area contributed by atoms with E-state index in [1.807, 2.05) is 54.6 Å². The summed E-state index contributed by atoms with van der Waals surface area (Å²) >= 11 is 0. The van der Waals surface area contributed by atoms with Crippen LogP contribution in [0.4, 0.5) is 0 Å². The van der Waals surface area contributed by atoms with Crippen LogP contribution in [0, 0.1) is 0 Å². The zero-order valence-corrected chi connectivity index (χ0v) is 14.6. The summed E-state index contributed by atoms with van der Waals surface area (Å²) in [5.41, 5.74) is 6.26. The van der Waals surface area contributed by atoms with Gasteiger partial charge in [-0.15, -0.1) is 0 Å². The third-order valence-corrected chi connectivity index (χ3v) is 4.38. The molecule has 26 heavy (non-hydrogen) atoms. The van der Waals surface area contributed by atoms with Crippen molar-refractivity contribution >= 4 is 0 Å². The zero-order chi connectivity index (χ0) is 17.8. The molecule has 0 aliphatic carbocycles. The van der Waals surface area contributed by atoms with Gasteiger partial charge in [-0.1, -0.05) is 78.9 Å². The summed E-state index contributed by atoms with van der Waals surface area (Å²) in [7, 11) is 1.70. The average molecular weight is 337 g/mol. The smallest absolute Gasteiger partial charge is 0.126 e. The number of ether oxygens (including phenoxy) is 1. The van der Waals surface area contributed by atoms with Gasteiger partial charge in [0.15, 0.2) is 0 Å². The van der Waals surface area contributed by atoms with Crippen molar-refractivity contribution in [2.45, 2.75) is 0 Å². The molecule has 1 heterocycles. The minimum absolute atomic E-state index is 0.858. The molecule has 0 N–H and O–H groups in total. The van der Waals surface area contributed by atoms with Gasteiger partial charge in [-0.3, -0.25) is 0 Å². The summed E-state index contributed by atoms with van der Waals surface area (Å²) in [4.78, 5) is 4.91. The van der Waals surface area contributed by atoms with Crippen LogP contribution >= 0.6 is 0 Å². The largest absolute Gasteiger partial charge is 0.496 e. The molecule has 4 aromatic rings. The van der Waals surface area contributed by atoms with E-state index in [1.54, 1.807) is 7.11 Å². The number of hydrogen-bond donors (Lipinski definition) is 0. The minimum Gasteiger partial charge on any atom is -0.496 e. The Morgan fingerprint density at radius 2 is 1.08 bits per heavy atom. The van der Waals surface area contributed by atoms with Crippen molar-refractivity contribution in [3.05, 3.63) is 97.1 Å². The normalized spacial score (nSPS) is 10.5. The Bertz CT molecular complexity index is 953. The average Bonchev–Trinajstić information content (AvgIpc) is 2.74. The van der Waals surface area contributed by atoms with E-state index >= 15 is 0 Å². The second-order valence-electron chi connectivity index (χ2n) is 6.06. The van der Waals surface area contributed by atoms with Crippen molar-refractivity contribution in [2.24, 2.45) is 0 Å². The lowest BCUT2D eigenvalue weighted by Crippen LogP contribution is -1.93. The van der Waals surface area contributed by atoms with Crippen LogP contribution in [-0.4, -0.2) is 12.1 Å². The van der Waals surface area contributed by atoms with Crippen molar-refractivity contribution in [3.8, 4) is 39.4 Å². The monoisotopic (exact) mass is 337 g/mol. The van der Waals surface area contributed by atoms with E-state index in [4.69, 9.17) is 9.72 Å². The van der Waals surface area contributed by atoms with Crippen molar-refractivity contribution in [3.63, 3.8) is 0 Å². The van der Waals surface area contributed by atoms with Crippen LogP contribution in [0.25, 0.3) is 33.6 Å². The molecule has 0 atom stereocenters. The first-order chi connectivity index (χ1) is 12.8. The first-order valence-corrected chi connectivity index (χ1v) is 8.61. The summed E-state index contributed by atoms with van der Waals surface area (Å²) in [6.07, 6.45) is 0. The number of pyridine rings is 1. The van der Waals surface area contributed by atoms with Gasteiger partial charge in [0, 0.05) is 16.7 Å². The van der Waals surface area contributed by atoms with E-state index in [0.29, 0.717) is 0 Å². The van der Waals surface area contributed by atoms with Gasteiger partial charge < -0.3 is 4.74 Å². The molecule has 0 saturated carbocycles. The van der Waals surface area contributed by atoms with E-state index < -0.39 is 0 Å². The van der Waals surface area contributed by atoms with Gasteiger partial charge in [0.1, 0.15) is 5.75 Å². The van der Waals surface area contributed by atoms with Crippen molar-refractivity contribution in [1.29, 1.82) is 0 Å². The molecule has 4 rings (SSSR count). The lowest BCUT2D eigenvalue weighted by Gasteiger charge is -2.12. The third-order valence-electron chi connectivity index (χ3n) is 4.38. The van der Waals surface area contributed by atoms with E-state index in [0.717, 1.165) is 39.4 Å². The van der Waals surface area contributed by atoms with Crippen molar-refractivity contribution in [2.75, 3.05) is 7.11 Å². The summed E-state index contributed by atoms with van der Waals surface area (Å²) in [6.45, 7) is 0. The van der Waals surface area contributed by atoms with Crippen LogP contribution in [0.3, 0.4) is 0 Å². The van der Waals surface area contributed by atoms with Gasteiger partial charge in [0.25, 0.3) is 0 Å². The van der Waals surface area contributed by atoms with E-state index in [9.17, 15) is 0 Å². The molecule has 0 aliphatic rings. The molecule has 0 amide bonds. The highest BCUT2D eigenvalue weighted by atomic mass is 16.5. The molecule has 126 valence electrons. The second kappa shape index (κ2) is 7.24. The van der Waals surface area contributed by atoms with Crippen LogP contribution in [0.5, 0.6) is 5.75 Å². The predicted octanol–water partition coefficient (Wildman–Crippen LogP) is 6.09. The molecule has 0 radical (unpaired) electrons. The van der Waals surface area contributed by atoms with Gasteiger partial charge in [-0.2, -0.15) is 0 Å². The standard InChI is InChI=1S/C24H19NO/c1-26-24-15-9-8-14-21(24)20-16-22(18-10-4-2-5-11-18)25-23(17-20)19-12-6-3-7-13-19/h2-17H,1H3. The van der Waals surface area contributed by atoms with E-state index in [2.05, 4.69) is 42.5 Å². The highest BCUT2D eigenvalue weighted by Crippen LogP contribution is 2.34. The van der Waals surface area contributed by atoms with Crippen LogP contribution in [0.15, 0.2) is 97.1 Å². The summed E-state index contributed by atoms with van der Waals surface area (Å²) in [6, 6.07) is 32.9. The number of para-hydroxylation sites is 1. The lowest BCUT2D eigenvalue weighted by atomic mass is 9.99. The molecule has 2 heteroatoms. The Kier molecular flexibility index (Phi) is 4.48. The van der Waals surface area contributed by atoms with Crippen LogP contribution in [0.2, 0.25) is 0 Å². The summed E-state index contributed by atoms with van der Waals surface area (Å²) in [5, 5.41) is 0. The molecule has 0 aliphatic heterocycles. The lowest BCUT2D eigenvalue weighted by molar-refractivity contribution is 0.416. The summed E-state index contributed by atoms with van der Waals surface area (Å²) in [5.74, 6) is 0.858. The maximum atomic E-state index is 5.57. The number of nitrogens with zero attached hydrogens (tertiary/aromatic N) is 1. The molecule has 1 aromatic heterocycles. The number of aromatic nitrogens is 1. The molecule has 0 spiro atoms. The topological polar surface area (TPSA) is 22.1 Å².